The van der Waals surface area contributed by atoms with Crippen LogP contribution in [-0.4, -0.2) is 28.1 Å². The van der Waals surface area contributed by atoms with E-state index >= 15 is 0 Å². The summed E-state index contributed by atoms with van der Waals surface area (Å²) < 4.78 is 5.30. The lowest BCUT2D eigenvalue weighted by Crippen LogP contribution is -2.34. The molecule has 1 aromatic carbocycles. The third-order valence-electron chi connectivity index (χ3n) is 3.74. The molecule has 8 heteroatoms. The molecule has 2 heterocycles. The Kier molecular flexibility index (Phi) is 4.80. The highest BCUT2D eigenvalue weighted by molar-refractivity contribution is 8.01. The number of aromatic carboxylic acids is 1. The van der Waals surface area contributed by atoms with E-state index in [2.05, 4.69) is 10.6 Å². The second-order valence-corrected chi connectivity index (χ2v) is 6.81. The molecule has 25 heavy (non-hydrogen) atoms. The molecule has 0 spiro atoms. The molecule has 0 saturated heterocycles. The lowest BCUT2D eigenvalue weighted by Gasteiger charge is -2.23. The second kappa shape index (κ2) is 7.02. The predicted molar refractivity (Wildman–Crippen MR) is 91.6 cm³/mol. The Morgan fingerprint density at radius 1 is 1.36 bits per heavy atom. The SMILES string of the molecule is Cc1oc(CNC(=O)C[C@@H]2Sc3ccccc3NC2=O)cc1C(=O)O. The molecule has 1 aliphatic heterocycles. The predicted octanol–water partition coefficient (Wildman–Crippen LogP) is 2.41. The van der Waals surface area contributed by atoms with Gasteiger partial charge >= 0.3 is 5.97 Å². The van der Waals surface area contributed by atoms with Crippen LogP contribution in [-0.2, 0) is 16.1 Å². The van der Waals surface area contributed by atoms with Crippen LogP contribution in [0, 0.1) is 6.92 Å². The Bertz CT molecular complexity index is 845. The molecule has 0 radical (unpaired) electrons. The van der Waals surface area contributed by atoms with Gasteiger partial charge in [0.15, 0.2) is 0 Å². The number of amides is 2. The maximum Gasteiger partial charge on any atom is 0.339 e. The number of thioether (sulfide) groups is 1. The molecule has 7 nitrogen and oxygen atoms in total. The number of aryl methyl sites for hydroxylation is 1. The lowest BCUT2D eigenvalue weighted by molar-refractivity contribution is -0.124. The summed E-state index contributed by atoms with van der Waals surface area (Å²) in [6, 6.07) is 8.80. The minimum atomic E-state index is -1.08. The van der Waals surface area contributed by atoms with Gasteiger partial charge in [-0.1, -0.05) is 12.1 Å². The molecule has 0 unspecified atom stereocenters. The van der Waals surface area contributed by atoms with Crippen LogP contribution in [0.25, 0.3) is 0 Å². The van der Waals surface area contributed by atoms with Gasteiger partial charge in [0.25, 0.3) is 0 Å². The summed E-state index contributed by atoms with van der Waals surface area (Å²) in [5, 5.41) is 13.9. The average molecular weight is 360 g/mol. The van der Waals surface area contributed by atoms with Gasteiger partial charge in [0.05, 0.1) is 17.5 Å². The molecule has 2 amide bonds. The normalized spacial score (nSPS) is 16.0. The van der Waals surface area contributed by atoms with Gasteiger partial charge in [-0.15, -0.1) is 11.8 Å². The summed E-state index contributed by atoms with van der Waals surface area (Å²) in [6.07, 6.45) is 0.0241. The van der Waals surface area contributed by atoms with Crippen molar-refractivity contribution in [1.82, 2.24) is 5.32 Å². The highest BCUT2D eigenvalue weighted by Crippen LogP contribution is 2.36. The Labute approximate surface area is 147 Å². The van der Waals surface area contributed by atoms with Crippen LogP contribution in [0.4, 0.5) is 5.69 Å². The second-order valence-electron chi connectivity index (χ2n) is 5.56. The van der Waals surface area contributed by atoms with Gasteiger partial charge in [-0.25, -0.2) is 4.79 Å². The molecule has 0 bridgehead atoms. The molecule has 0 fully saturated rings. The standard InChI is InChI=1S/C17H16N2O5S/c1-9-11(17(22)23)6-10(24-9)8-18-15(20)7-14-16(21)19-12-4-2-3-5-13(12)25-14/h2-6,14H,7-8H2,1H3,(H,18,20)(H,19,21)(H,22,23)/t14-/m0/s1. The molecule has 2 aromatic rings. The number of carboxylic acids is 1. The van der Waals surface area contributed by atoms with Crippen LogP contribution < -0.4 is 10.6 Å². The number of para-hydroxylation sites is 1. The van der Waals surface area contributed by atoms with E-state index in [1.165, 1.54) is 17.8 Å². The van der Waals surface area contributed by atoms with Gasteiger partial charge in [0.2, 0.25) is 11.8 Å². The number of nitrogens with one attached hydrogen (secondary N) is 2. The van der Waals surface area contributed by atoms with E-state index in [0.717, 1.165) is 10.6 Å². The Morgan fingerprint density at radius 3 is 2.84 bits per heavy atom. The summed E-state index contributed by atoms with van der Waals surface area (Å²) in [6.45, 7) is 1.62. The molecule has 3 rings (SSSR count). The zero-order valence-corrected chi connectivity index (χ0v) is 14.2. The first-order valence-electron chi connectivity index (χ1n) is 7.60. The zero-order valence-electron chi connectivity index (χ0n) is 13.4. The first-order valence-corrected chi connectivity index (χ1v) is 8.48. The van der Waals surface area contributed by atoms with E-state index in [1.54, 1.807) is 6.92 Å². The Balaban J connectivity index is 1.57. The van der Waals surface area contributed by atoms with Crippen molar-refractivity contribution < 1.29 is 23.9 Å². The molecule has 130 valence electrons. The summed E-state index contributed by atoms with van der Waals surface area (Å²) in [5.41, 5.74) is 0.824. The number of carboxylic acid groups (broad SMARTS) is 1. The van der Waals surface area contributed by atoms with Gasteiger partial charge < -0.3 is 20.2 Å². The number of hydrogen-bond acceptors (Lipinski definition) is 5. The maximum absolute atomic E-state index is 12.1. The quantitative estimate of drug-likeness (QED) is 0.755. The lowest BCUT2D eigenvalue weighted by atomic mass is 10.2. The Hall–Kier alpha value is -2.74. The Morgan fingerprint density at radius 2 is 2.12 bits per heavy atom. The number of rotatable bonds is 5. The molecular weight excluding hydrogens is 344 g/mol. The van der Waals surface area contributed by atoms with Crippen LogP contribution >= 0.6 is 11.8 Å². The van der Waals surface area contributed by atoms with Crippen LogP contribution in [0.15, 0.2) is 39.6 Å². The molecule has 1 atom stereocenters. The van der Waals surface area contributed by atoms with E-state index in [1.807, 2.05) is 24.3 Å². The number of carbonyl (C=O) groups is 3. The smallest absolute Gasteiger partial charge is 0.339 e. The summed E-state index contributed by atoms with van der Waals surface area (Å²) in [7, 11) is 0. The highest BCUT2D eigenvalue weighted by Gasteiger charge is 2.28. The molecule has 1 aliphatic rings. The van der Waals surface area contributed by atoms with Gasteiger partial charge in [-0.2, -0.15) is 0 Å². The van der Waals surface area contributed by atoms with Gasteiger partial charge in [-0.3, -0.25) is 9.59 Å². The first kappa shape index (κ1) is 17.1. The largest absolute Gasteiger partial charge is 0.478 e. The summed E-state index contributed by atoms with van der Waals surface area (Å²) in [5.74, 6) is -0.948. The molecule has 3 N–H and O–H groups in total. The first-order chi connectivity index (χ1) is 11.9. The molecule has 0 saturated carbocycles. The number of hydrogen-bond donors (Lipinski definition) is 3. The number of furan rings is 1. The fourth-order valence-electron chi connectivity index (χ4n) is 2.50. The number of anilines is 1. The van der Waals surface area contributed by atoms with Crippen LogP contribution in [0.3, 0.4) is 0 Å². The van der Waals surface area contributed by atoms with Gasteiger partial charge in [0.1, 0.15) is 17.1 Å². The van der Waals surface area contributed by atoms with E-state index in [-0.39, 0.29) is 36.1 Å². The van der Waals surface area contributed by atoms with Crippen LogP contribution in [0.2, 0.25) is 0 Å². The third kappa shape index (κ3) is 3.85. The van der Waals surface area contributed by atoms with Crippen molar-refractivity contribution in [2.45, 2.75) is 30.0 Å². The summed E-state index contributed by atoms with van der Waals surface area (Å²) >= 11 is 1.35. The van der Waals surface area contributed by atoms with E-state index in [9.17, 15) is 14.4 Å². The van der Waals surface area contributed by atoms with Crippen molar-refractivity contribution in [3.05, 3.63) is 47.4 Å². The number of fused-ring (bicyclic) bond motifs is 1. The maximum atomic E-state index is 12.1. The average Bonchev–Trinajstić information content (AvgIpc) is 2.95. The monoisotopic (exact) mass is 360 g/mol. The molecular formula is C17H16N2O5S. The van der Waals surface area contributed by atoms with Crippen molar-refractivity contribution >= 4 is 35.2 Å². The van der Waals surface area contributed by atoms with Crippen molar-refractivity contribution in [3.8, 4) is 0 Å². The van der Waals surface area contributed by atoms with E-state index in [4.69, 9.17) is 9.52 Å². The van der Waals surface area contributed by atoms with Crippen molar-refractivity contribution in [3.63, 3.8) is 0 Å². The van der Waals surface area contributed by atoms with Crippen molar-refractivity contribution in [2.75, 3.05) is 5.32 Å². The van der Waals surface area contributed by atoms with Gasteiger partial charge in [-0.05, 0) is 25.1 Å². The van der Waals surface area contributed by atoms with Gasteiger partial charge in [0, 0.05) is 11.3 Å². The number of benzene rings is 1. The van der Waals surface area contributed by atoms with Crippen molar-refractivity contribution in [1.29, 1.82) is 0 Å². The molecule has 0 aliphatic carbocycles. The minimum absolute atomic E-state index is 0.0241. The fraction of sp³-hybridized carbons (Fsp3) is 0.235. The third-order valence-corrected chi connectivity index (χ3v) is 5.01. The van der Waals surface area contributed by atoms with E-state index in [0.29, 0.717) is 5.76 Å². The highest BCUT2D eigenvalue weighted by atomic mass is 32.2. The fourth-order valence-corrected chi connectivity index (χ4v) is 3.61. The summed E-state index contributed by atoms with van der Waals surface area (Å²) in [4.78, 5) is 36.1. The van der Waals surface area contributed by atoms with Crippen LogP contribution in [0.5, 0.6) is 0 Å². The minimum Gasteiger partial charge on any atom is -0.478 e. The molecule has 1 aromatic heterocycles. The topological polar surface area (TPSA) is 109 Å². The zero-order chi connectivity index (χ0) is 18.0. The van der Waals surface area contributed by atoms with E-state index < -0.39 is 11.2 Å². The van der Waals surface area contributed by atoms with Crippen molar-refractivity contribution in [2.24, 2.45) is 0 Å². The number of carbonyl (C=O) groups excluding carboxylic acids is 2. The van der Waals surface area contributed by atoms with Crippen LogP contribution in [0.1, 0.15) is 28.3 Å².